The van der Waals surface area contributed by atoms with Crippen LogP contribution in [-0.2, 0) is 23.9 Å². The maximum Gasteiger partial charge on any atom is 0.311 e. The quantitative estimate of drug-likeness (QED) is 0.170. The molecule has 0 saturated heterocycles. The van der Waals surface area contributed by atoms with Gasteiger partial charge in [-0.1, -0.05) is 56.5 Å². The monoisotopic (exact) mass is 470 g/mol. The standard InChI is InChI=1S/C28H38O6/c1-4-28(2,3)27(31)33-20-12-19-32-25(29)15-8-6-5-7-9-16-26(30)34-24-18-17-22-13-10-11-14-23(22)21-24/h10-11,13-14,17-18,21H,4-9,12,15-16,19-20H2,1-3H3. The molecule has 0 heterocycles. The zero-order chi connectivity index (χ0) is 24.8. The number of unbranched alkanes of at least 4 members (excludes halogenated alkanes) is 4. The predicted molar refractivity (Wildman–Crippen MR) is 133 cm³/mol. The first-order chi connectivity index (χ1) is 16.3. The molecule has 0 saturated carbocycles. The van der Waals surface area contributed by atoms with Crippen LogP contribution in [0, 0.1) is 5.41 Å². The van der Waals surface area contributed by atoms with Crippen LogP contribution in [0.25, 0.3) is 10.8 Å². The van der Waals surface area contributed by atoms with Gasteiger partial charge in [-0.25, -0.2) is 0 Å². The average molecular weight is 471 g/mol. The van der Waals surface area contributed by atoms with E-state index in [1.165, 1.54) is 0 Å². The normalized spacial score (nSPS) is 11.3. The van der Waals surface area contributed by atoms with E-state index in [4.69, 9.17) is 14.2 Å². The summed E-state index contributed by atoms with van der Waals surface area (Å²) >= 11 is 0. The molecule has 0 atom stereocenters. The number of benzene rings is 2. The molecule has 0 N–H and O–H groups in total. The summed E-state index contributed by atoms with van der Waals surface area (Å²) in [4.78, 5) is 35.7. The van der Waals surface area contributed by atoms with Crippen LogP contribution < -0.4 is 4.74 Å². The van der Waals surface area contributed by atoms with Gasteiger partial charge in [0.15, 0.2) is 0 Å². The molecule has 0 aromatic heterocycles. The molecule has 2 rings (SSSR count). The lowest BCUT2D eigenvalue weighted by molar-refractivity contribution is -0.154. The Kier molecular flexibility index (Phi) is 11.6. The molecule has 0 aliphatic rings. The van der Waals surface area contributed by atoms with Gasteiger partial charge in [-0.3, -0.25) is 14.4 Å². The molecule has 0 spiro atoms. The minimum atomic E-state index is -0.478. The van der Waals surface area contributed by atoms with Gasteiger partial charge in [0.2, 0.25) is 0 Å². The van der Waals surface area contributed by atoms with Crippen molar-refractivity contribution in [3.63, 3.8) is 0 Å². The number of carbonyl (C=O) groups is 3. The molecule has 6 nitrogen and oxygen atoms in total. The van der Waals surface area contributed by atoms with E-state index in [-0.39, 0.29) is 31.1 Å². The summed E-state index contributed by atoms with van der Waals surface area (Å²) in [6.45, 7) is 6.18. The number of esters is 3. The van der Waals surface area contributed by atoms with Crippen LogP contribution in [0.3, 0.4) is 0 Å². The Bertz CT molecular complexity index is 933. The largest absolute Gasteiger partial charge is 0.466 e. The molecule has 186 valence electrons. The lowest BCUT2D eigenvalue weighted by atomic mass is 9.91. The van der Waals surface area contributed by atoms with Gasteiger partial charge in [0, 0.05) is 19.3 Å². The van der Waals surface area contributed by atoms with Gasteiger partial charge in [-0.2, -0.15) is 0 Å². The first-order valence-electron chi connectivity index (χ1n) is 12.3. The Hall–Kier alpha value is -2.89. The summed E-state index contributed by atoms with van der Waals surface area (Å²) < 4.78 is 15.9. The highest BCUT2D eigenvalue weighted by molar-refractivity contribution is 5.84. The van der Waals surface area contributed by atoms with E-state index in [2.05, 4.69) is 0 Å². The number of fused-ring (bicyclic) bond motifs is 1. The lowest BCUT2D eigenvalue weighted by Crippen LogP contribution is -2.26. The fraction of sp³-hybridized carbons (Fsp3) is 0.536. The molecular weight excluding hydrogens is 432 g/mol. The van der Waals surface area contributed by atoms with Gasteiger partial charge < -0.3 is 14.2 Å². The highest BCUT2D eigenvalue weighted by Gasteiger charge is 2.26. The van der Waals surface area contributed by atoms with Crippen molar-refractivity contribution in [1.29, 1.82) is 0 Å². The maximum atomic E-state index is 12.1. The van der Waals surface area contributed by atoms with E-state index >= 15 is 0 Å². The zero-order valence-electron chi connectivity index (χ0n) is 20.8. The molecule has 0 fully saturated rings. The molecule has 0 aliphatic carbocycles. The zero-order valence-corrected chi connectivity index (χ0v) is 20.8. The molecule has 0 radical (unpaired) electrons. The van der Waals surface area contributed by atoms with Crippen LogP contribution in [0.4, 0.5) is 0 Å². The third-order valence-electron chi connectivity index (χ3n) is 5.94. The first-order valence-corrected chi connectivity index (χ1v) is 12.3. The molecule has 6 heteroatoms. The second-order valence-corrected chi connectivity index (χ2v) is 9.20. The maximum absolute atomic E-state index is 12.1. The highest BCUT2D eigenvalue weighted by Crippen LogP contribution is 2.22. The number of hydrogen-bond donors (Lipinski definition) is 0. The minimum Gasteiger partial charge on any atom is -0.466 e. The van der Waals surface area contributed by atoms with Crippen molar-refractivity contribution < 1.29 is 28.6 Å². The summed E-state index contributed by atoms with van der Waals surface area (Å²) in [5.41, 5.74) is -0.478. The van der Waals surface area contributed by atoms with Gasteiger partial charge in [0.25, 0.3) is 0 Å². The van der Waals surface area contributed by atoms with E-state index in [0.29, 0.717) is 25.0 Å². The predicted octanol–water partition coefficient (Wildman–Crippen LogP) is 6.39. The van der Waals surface area contributed by atoms with Crippen LogP contribution in [0.1, 0.15) is 78.6 Å². The Morgan fingerprint density at radius 1 is 0.735 bits per heavy atom. The topological polar surface area (TPSA) is 78.9 Å². The third kappa shape index (κ3) is 9.94. The van der Waals surface area contributed by atoms with E-state index in [1.807, 2.05) is 63.2 Å². The van der Waals surface area contributed by atoms with Crippen molar-refractivity contribution in [2.24, 2.45) is 5.41 Å². The highest BCUT2D eigenvalue weighted by atomic mass is 16.5. The second kappa shape index (κ2) is 14.4. The molecule has 2 aromatic carbocycles. The van der Waals surface area contributed by atoms with E-state index < -0.39 is 5.41 Å². The molecule has 2 aromatic rings. The smallest absolute Gasteiger partial charge is 0.311 e. The van der Waals surface area contributed by atoms with E-state index in [0.717, 1.165) is 49.3 Å². The Labute approximate surface area is 203 Å². The first kappa shape index (κ1) is 27.4. The van der Waals surface area contributed by atoms with Crippen molar-refractivity contribution in [3.05, 3.63) is 42.5 Å². The number of hydrogen-bond acceptors (Lipinski definition) is 6. The molecule has 0 amide bonds. The molecular formula is C28H38O6. The number of carbonyl (C=O) groups excluding carboxylic acids is 3. The van der Waals surface area contributed by atoms with Crippen molar-refractivity contribution in [2.75, 3.05) is 13.2 Å². The van der Waals surface area contributed by atoms with Crippen LogP contribution in [0.2, 0.25) is 0 Å². The Balaban J connectivity index is 1.45. The van der Waals surface area contributed by atoms with Crippen LogP contribution in [0.5, 0.6) is 5.75 Å². The third-order valence-corrected chi connectivity index (χ3v) is 5.94. The SMILES string of the molecule is CCC(C)(C)C(=O)OCCCOC(=O)CCCCCCCC(=O)Oc1ccc2ccccc2c1. The van der Waals surface area contributed by atoms with Gasteiger partial charge in [-0.15, -0.1) is 0 Å². The minimum absolute atomic E-state index is 0.219. The van der Waals surface area contributed by atoms with Crippen molar-refractivity contribution in [3.8, 4) is 5.75 Å². The van der Waals surface area contributed by atoms with Crippen molar-refractivity contribution in [2.45, 2.75) is 78.6 Å². The van der Waals surface area contributed by atoms with Gasteiger partial charge in [0.1, 0.15) is 5.75 Å². The van der Waals surface area contributed by atoms with Crippen molar-refractivity contribution >= 4 is 28.7 Å². The summed E-state index contributed by atoms with van der Waals surface area (Å²) in [7, 11) is 0. The number of rotatable bonds is 15. The van der Waals surface area contributed by atoms with Gasteiger partial charge in [-0.05, 0) is 56.0 Å². The molecule has 0 unspecified atom stereocenters. The van der Waals surface area contributed by atoms with Crippen LogP contribution >= 0.6 is 0 Å². The van der Waals surface area contributed by atoms with Gasteiger partial charge in [0.05, 0.1) is 18.6 Å². The summed E-state index contributed by atoms with van der Waals surface area (Å²) in [5.74, 6) is -0.0876. The van der Waals surface area contributed by atoms with Gasteiger partial charge >= 0.3 is 17.9 Å². The molecule has 0 aliphatic heterocycles. The van der Waals surface area contributed by atoms with Crippen molar-refractivity contribution in [1.82, 2.24) is 0 Å². The summed E-state index contributed by atoms with van der Waals surface area (Å²) in [6, 6.07) is 13.6. The fourth-order valence-corrected chi connectivity index (χ4v) is 3.30. The average Bonchev–Trinajstić information content (AvgIpc) is 2.82. The molecule has 0 bridgehead atoms. The lowest BCUT2D eigenvalue weighted by Gasteiger charge is -2.20. The Morgan fingerprint density at radius 2 is 1.35 bits per heavy atom. The second-order valence-electron chi connectivity index (χ2n) is 9.20. The summed E-state index contributed by atoms with van der Waals surface area (Å²) in [6.07, 6.45) is 6.31. The number of ether oxygens (including phenoxy) is 3. The Morgan fingerprint density at radius 3 is 2.06 bits per heavy atom. The molecule has 34 heavy (non-hydrogen) atoms. The summed E-state index contributed by atoms with van der Waals surface area (Å²) in [5, 5.41) is 2.16. The van der Waals surface area contributed by atoms with Crippen LogP contribution in [0.15, 0.2) is 42.5 Å². The van der Waals surface area contributed by atoms with E-state index in [9.17, 15) is 14.4 Å². The van der Waals surface area contributed by atoms with Crippen LogP contribution in [-0.4, -0.2) is 31.1 Å². The fourth-order valence-electron chi connectivity index (χ4n) is 3.30. The van der Waals surface area contributed by atoms with E-state index in [1.54, 1.807) is 0 Å².